The van der Waals surface area contributed by atoms with E-state index in [-0.39, 0.29) is 18.4 Å². The minimum Gasteiger partial charge on any atom is -0.408 e. The minimum absolute atomic E-state index is 0.0411. The van der Waals surface area contributed by atoms with E-state index >= 15 is 0 Å². The molecule has 150 valence electrons. The van der Waals surface area contributed by atoms with Crippen molar-refractivity contribution in [3.8, 4) is 0 Å². The van der Waals surface area contributed by atoms with Gasteiger partial charge in [-0.15, -0.1) is 5.10 Å². The van der Waals surface area contributed by atoms with Crippen LogP contribution in [0.25, 0.3) is 16.9 Å². The molecule has 0 unspecified atom stereocenters. The standard InChI is InChI=1S/C20H22N6O3/c1-4-14(11-25-15-7-5-6-8-16(15)29-20(25)28)22-18(27)10-17-23-19-21-12(2)9-13(3)26(19)24-17/h5-9,14H,4,10-11H2,1-3H3,(H,22,27)/t14-/m1/s1. The molecule has 0 bridgehead atoms. The van der Waals surface area contributed by atoms with Crippen molar-refractivity contribution in [2.75, 3.05) is 0 Å². The maximum Gasteiger partial charge on any atom is 0.420 e. The van der Waals surface area contributed by atoms with Crippen molar-refractivity contribution in [2.24, 2.45) is 0 Å². The van der Waals surface area contributed by atoms with Gasteiger partial charge in [-0.3, -0.25) is 9.36 Å². The minimum atomic E-state index is -0.433. The zero-order valence-corrected chi connectivity index (χ0v) is 16.5. The maximum atomic E-state index is 12.6. The number of aryl methyl sites for hydroxylation is 2. The average molecular weight is 394 g/mol. The first-order chi connectivity index (χ1) is 13.9. The van der Waals surface area contributed by atoms with Crippen LogP contribution in [-0.2, 0) is 17.8 Å². The quantitative estimate of drug-likeness (QED) is 0.534. The second-order valence-corrected chi connectivity index (χ2v) is 7.07. The summed E-state index contributed by atoms with van der Waals surface area (Å²) in [6.07, 6.45) is 0.704. The molecule has 0 saturated carbocycles. The summed E-state index contributed by atoms with van der Waals surface area (Å²) in [6.45, 7) is 6.09. The summed E-state index contributed by atoms with van der Waals surface area (Å²) < 4.78 is 8.44. The van der Waals surface area contributed by atoms with E-state index in [1.807, 2.05) is 45.0 Å². The fourth-order valence-electron chi connectivity index (χ4n) is 3.39. The molecule has 1 amide bonds. The van der Waals surface area contributed by atoms with Gasteiger partial charge < -0.3 is 9.73 Å². The summed E-state index contributed by atoms with van der Waals surface area (Å²) in [5.41, 5.74) is 3.00. The highest BCUT2D eigenvalue weighted by molar-refractivity contribution is 5.78. The number of nitrogens with zero attached hydrogens (tertiary/aromatic N) is 5. The highest BCUT2D eigenvalue weighted by Crippen LogP contribution is 2.13. The molecule has 3 aromatic heterocycles. The number of hydrogen-bond acceptors (Lipinski definition) is 6. The zero-order chi connectivity index (χ0) is 20.5. The van der Waals surface area contributed by atoms with Crippen molar-refractivity contribution in [1.82, 2.24) is 29.5 Å². The first-order valence-electron chi connectivity index (χ1n) is 9.52. The summed E-state index contributed by atoms with van der Waals surface area (Å²) in [6, 6.07) is 8.92. The highest BCUT2D eigenvalue weighted by atomic mass is 16.4. The molecule has 0 spiro atoms. The molecule has 4 rings (SSSR count). The van der Waals surface area contributed by atoms with Gasteiger partial charge in [0.1, 0.15) is 0 Å². The van der Waals surface area contributed by atoms with E-state index in [4.69, 9.17) is 4.42 Å². The van der Waals surface area contributed by atoms with Crippen LogP contribution in [0.1, 0.15) is 30.6 Å². The number of amides is 1. The summed E-state index contributed by atoms with van der Waals surface area (Å²) in [4.78, 5) is 33.4. The number of hydrogen-bond donors (Lipinski definition) is 1. The van der Waals surface area contributed by atoms with E-state index < -0.39 is 5.76 Å². The van der Waals surface area contributed by atoms with Gasteiger partial charge in [-0.05, 0) is 38.5 Å². The number of para-hydroxylation sites is 2. The average Bonchev–Trinajstić information content (AvgIpc) is 3.21. The van der Waals surface area contributed by atoms with E-state index in [1.165, 1.54) is 0 Å². The normalized spacial score (nSPS) is 12.5. The summed E-state index contributed by atoms with van der Waals surface area (Å²) in [5.74, 6) is 0.249. The molecule has 0 fully saturated rings. The smallest absolute Gasteiger partial charge is 0.408 e. The van der Waals surface area contributed by atoms with Crippen LogP contribution in [0.5, 0.6) is 0 Å². The van der Waals surface area contributed by atoms with Crippen molar-refractivity contribution in [3.63, 3.8) is 0 Å². The monoisotopic (exact) mass is 394 g/mol. The van der Waals surface area contributed by atoms with E-state index in [1.54, 1.807) is 15.1 Å². The summed E-state index contributed by atoms with van der Waals surface area (Å²) >= 11 is 0. The van der Waals surface area contributed by atoms with Crippen molar-refractivity contribution >= 4 is 22.8 Å². The third kappa shape index (κ3) is 3.75. The van der Waals surface area contributed by atoms with Crippen LogP contribution < -0.4 is 11.1 Å². The first kappa shape index (κ1) is 18.9. The Kier molecular flexibility index (Phi) is 4.87. The van der Waals surface area contributed by atoms with Crippen LogP contribution in [0.2, 0.25) is 0 Å². The number of benzene rings is 1. The second-order valence-electron chi connectivity index (χ2n) is 7.07. The third-order valence-corrected chi connectivity index (χ3v) is 4.82. The predicted octanol–water partition coefficient (Wildman–Crippen LogP) is 1.79. The highest BCUT2D eigenvalue weighted by Gasteiger charge is 2.18. The SMILES string of the molecule is CC[C@H](Cn1c(=O)oc2ccccc21)NC(=O)Cc1nc2nc(C)cc(C)n2n1. The largest absolute Gasteiger partial charge is 0.420 e. The first-order valence-corrected chi connectivity index (χ1v) is 9.52. The lowest BCUT2D eigenvalue weighted by atomic mass is 10.2. The Balaban J connectivity index is 1.48. The Hall–Kier alpha value is -3.49. The van der Waals surface area contributed by atoms with Crippen LogP contribution in [0, 0.1) is 13.8 Å². The Labute approximate surface area is 166 Å². The number of oxazole rings is 1. The number of carbonyl (C=O) groups excluding carboxylic acids is 1. The molecular weight excluding hydrogens is 372 g/mol. The van der Waals surface area contributed by atoms with E-state index in [2.05, 4.69) is 20.4 Å². The van der Waals surface area contributed by atoms with E-state index in [0.717, 1.165) is 11.4 Å². The molecule has 1 N–H and O–H groups in total. The number of fused-ring (bicyclic) bond motifs is 2. The molecular formula is C20H22N6O3. The van der Waals surface area contributed by atoms with Gasteiger partial charge >= 0.3 is 5.76 Å². The number of nitrogens with one attached hydrogen (secondary N) is 1. The van der Waals surface area contributed by atoms with Gasteiger partial charge in [-0.1, -0.05) is 19.1 Å². The molecule has 1 aromatic carbocycles. The molecule has 9 heteroatoms. The molecule has 9 nitrogen and oxygen atoms in total. The number of rotatable bonds is 6. The van der Waals surface area contributed by atoms with Crippen molar-refractivity contribution < 1.29 is 9.21 Å². The lowest BCUT2D eigenvalue weighted by Crippen LogP contribution is -2.40. The number of carbonyl (C=O) groups is 1. The number of aromatic nitrogens is 5. The predicted molar refractivity (Wildman–Crippen MR) is 107 cm³/mol. The summed E-state index contributed by atoms with van der Waals surface area (Å²) in [5, 5.41) is 7.33. The Morgan fingerprint density at radius 3 is 2.83 bits per heavy atom. The van der Waals surface area contributed by atoms with Crippen LogP contribution >= 0.6 is 0 Å². The van der Waals surface area contributed by atoms with Crippen LogP contribution in [0.3, 0.4) is 0 Å². The third-order valence-electron chi connectivity index (χ3n) is 4.82. The van der Waals surface area contributed by atoms with Gasteiger partial charge in [-0.2, -0.15) is 4.98 Å². The second kappa shape index (κ2) is 7.50. The Morgan fingerprint density at radius 2 is 2.03 bits per heavy atom. The maximum absolute atomic E-state index is 12.6. The van der Waals surface area contributed by atoms with E-state index in [9.17, 15) is 9.59 Å². The summed E-state index contributed by atoms with van der Waals surface area (Å²) in [7, 11) is 0. The fraction of sp³-hybridized carbons (Fsp3) is 0.350. The Morgan fingerprint density at radius 1 is 1.24 bits per heavy atom. The fourth-order valence-corrected chi connectivity index (χ4v) is 3.39. The van der Waals surface area contributed by atoms with Gasteiger partial charge in [-0.25, -0.2) is 14.3 Å². The van der Waals surface area contributed by atoms with Gasteiger partial charge in [0.2, 0.25) is 5.91 Å². The molecule has 3 heterocycles. The molecule has 0 saturated heterocycles. The molecule has 0 aliphatic rings. The van der Waals surface area contributed by atoms with Crippen LogP contribution in [-0.4, -0.2) is 36.1 Å². The van der Waals surface area contributed by atoms with Crippen molar-refractivity contribution in [1.29, 1.82) is 0 Å². The molecule has 29 heavy (non-hydrogen) atoms. The Bertz CT molecular complexity index is 1250. The van der Waals surface area contributed by atoms with Crippen molar-refractivity contribution in [2.45, 2.75) is 46.2 Å². The van der Waals surface area contributed by atoms with Crippen molar-refractivity contribution in [3.05, 3.63) is 58.1 Å². The molecule has 0 aliphatic heterocycles. The van der Waals surface area contributed by atoms with Gasteiger partial charge in [0.15, 0.2) is 11.4 Å². The van der Waals surface area contributed by atoms with Crippen LogP contribution in [0.15, 0.2) is 39.5 Å². The molecule has 0 aliphatic carbocycles. The zero-order valence-electron chi connectivity index (χ0n) is 16.5. The van der Waals surface area contributed by atoms with Gasteiger partial charge in [0, 0.05) is 24.0 Å². The topological polar surface area (TPSA) is 107 Å². The van der Waals surface area contributed by atoms with Gasteiger partial charge in [0.25, 0.3) is 5.78 Å². The molecule has 0 radical (unpaired) electrons. The van der Waals surface area contributed by atoms with Crippen LogP contribution in [0.4, 0.5) is 0 Å². The molecule has 4 aromatic rings. The van der Waals surface area contributed by atoms with Gasteiger partial charge in [0.05, 0.1) is 11.9 Å². The lowest BCUT2D eigenvalue weighted by Gasteiger charge is -2.16. The lowest BCUT2D eigenvalue weighted by molar-refractivity contribution is -0.121. The molecule has 1 atom stereocenters. The van der Waals surface area contributed by atoms with E-state index in [0.29, 0.717) is 35.7 Å².